The average molecular weight is 194 g/mol. The van der Waals surface area contributed by atoms with Gasteiger partial charge in [-0.3, -0.25) is 0 Å². The van der Waals surface area contributed by atoms with Crippen molar-refractivity contribution in [1.29, 1.82) is 0 Å². The minimum absolute atomic E-state index is 0.0399. The van der Waals surface area contributed by atoms with Crippen LogP contribution in [0.2, 0.25) is 0 Å². The molecule has 4 nitrogen and oxygen atoms in total. The molecule has 1 aromatic heterocycles. The fourth-order valence-corrected chi connectivity index (χ4v) is 1.76. The predicted molar refractivity (Wildman–Crippen MR) is 54.7 cm³/mol. The summed E-state index contributed by atoms with van der Waals surface area (Å²) in [5.74, 6) is 1.57. The summed E-state index contributed by atoms with van der Waals surface area (Å²) < 4.78 is 2.15. The van der Waals surface area contributed by atoms with Crippen molar-refractivity contribution in [3.8, 4) is 0 Å². The van der Waals surface area contributed by atoms with Crippen molar-refractivity contribution in [3.05, 3.63) is 12.2 Å². The zero-order chi connectivity index (χ0) is 10.1. The molecule has 0 unspecified atom stereocenters. The fraction of sp³-hybridized carbons (Fsp3) is 0.800. The van der Waals surface area contributed by atoms with Crippen LogP contribution in [-0.4, -0.2) is 14.8 Å². The molecule has 1 aromatic rings. The van der Waals surface area contributed by atoms with Crippen molar-refractivity contribution in [1.82, 2.24) is 14.8 Å². The van der Waals surface area contributed by atoms with Crippen LogP contribution in [0.5, 0.6) is 0 Å². The van der Waals surface area contributed by atoms with Crippen molar-refractivity contribution in [2.24, 2.45) is 11.7 Å². The smallest absolute Gasteiger partial charge is 0.150 e. The van der Waals surface area contributed by atoms with Gasteiger partial charge in [-0.05, 0) is 25.2 Å². The van der Waals surface area contributed by atoms with Gasteiger partial charge in [0.1, 0.15) is 12.2 Å². The number of nitrogens with two attached hydrogens (primary N) is 1. The van der Waals surface area contributed by atoms with Crippen LogP contribution >= 0.6 is 0 Å². The van der Waals surface area contributed by atoms with Crippen molar-refractivity contribution in [3.63, 3.8) is 0 Å². The van der Waals surface area contributed by atoms with Crippen LogP contribution in [0.25, 0.3) is 0 Å². The Labute approximate surface area is 84.5 Å². The second-order valence-corrected chi connectivity index (χ2v) is 4.56. The second kappa shape index (κ2) is 3.69. The number of hydrogen-bond donors (Lipinski definition) is 1. The molecule has 0 radical (unpaired) electrons. The number of rotatable bonds is 4. The first kappa shape index (κ1) is 9.65. The van der Waals surface area contributed by atoms with E-state index in [0.717, 1.165) is 12.2 Å². The van der Waals surface area contributed by atoms with Crippen molar-refractivity contribution in [2.45, 2.75) is 45.2 Å². The minimum atomic E-state index is 0.0399. The Morgan fingerprint density at radius 3 is 2.86 bits per heavy atom. The largest absolute Gasteiger partial charge is 0.321 e. The van der Waals surface area contributed by atoms with Crippen molar-refractivity contribution in [2.75, 3.05) is 0 Å². The van der Waals surface area contributed by atoms with Crippen LogP contribution in [-0.2, 0) is 0 Å². The Balaban J connectivity index is 2.09. The summed E-state index contributed by atoms with van der Waals surface area (Å²) in [6.45, 7) is 4.36. The van der Waals surface area contributed by atoms with Gasteiger partial charge < -0.3 is 10.3 Å². The topological polar surface area (TPSA) is 56.7 Å². The SMILES string of the molecule is CC(C)C[C@H](N)c1nncn1C1CC1. The summed E-state index contributed by atoms with van der Waals surface area (Å²) in [7, 11) is 0. The van der Waals surface area contributed by atoms with E-state index in [0.29, 0.717) is 12.0 Å². The molecule has 1 atom stereocenters. The maximum Gasteiger partial charge on any atom is 0.150 e. The van der Waals surface area contributed by atoms with Crippen LogP contribution in [0.4, 0.5) is 0 Å². The lowest BCUT2D eigenvalue weighted by molar-refractivity contribution is 0.474. The van der Waals surface area contributed by atoms with Gasteiger partial charge in [0.25, 0.3) is 0 Å². The highest BCUT2D eigenvalue weighted by Gasteiger charge is 2.28. The summed E-state index contributed by atoms with van der Waals surface area (Å²) in [6.07, 6.45) is 5.29. The summed E-state index contributed by atoms with van der Waals surface area (Å²) in [5, 5.41) is 8.06. The first-order valence-corrected chi connectivity index (χ1v) is 5.33. The van der Waals surface area contributed by atoms with Crippen LogP contribution in [0.15, 0.2) is 6.33 Å². The maximum absolute atomic E-state index is 6.08. The predicted octanol–water partition coefficient (Wildman–Crippen LogP) is 1.66. The molecule has 0 aromatic carbocycles. The number of hydrogen-bond acceptors (Lipinski definition) is 3. The van der Waals surface area contributed by atoms with E-state index in [4.69, 9.17) is 5.73 Å². The molecule has 0 saturated heterocycles. The Kier molecular flexibility index (Phi) is 2.54. The highest BCUT2D eigenvalue weighted by Crippen LogP contribution is 2.36. The second-order valence-electron chi connectivity index (χ2n) is 4.56. The molecule has 2 N–H and O–H groups in total. The van der Waals surface area contributed by atoms with Gasteiger partial charge in [0, 0.05) is 6.04 Å². The van der Waals surface area contributed by atoms with Gasteiger partial charge in [-0.2, -0.15) is 0 Å². The third-order valence-electron chi connectivity index (χ3n) is 2.60. The number of nitrogens with zero attached hydrogens (tertiary/aromatic N) is 3. The normalized spacial score (nSPS) is 18.9. The van der Waals surface area contributed by atoms with E-state index in [1.807, 2.05) is 6.33 Å². The van der Waals surface area contributed by atoms with E-state index in [1.165, 1.54) is 12.8 Å². The van der Waals surface area contributed by atoms with Gasteiger partial charge >= 0.3 is 0 Å². The third kappa shape index (κ3) is 1.95. The molecule has 14 heavy (non-hydrogen) atoms. The monoisotopic (exact) mass is 194 g/mol. The third-order valence-corrected chi connectivity index (χ3v) is 2.60. The van der Waals surface area contributed by atoms with Gasteiger partial charge in [-0.25, -0.2) is 0 Å². The molecular weight excluding hydrogens is 176 g/mol. The minimum Gasteiger partial charge on any atom is -0.321 e. The zero-order valence-corrected chi connectivity index (χ0v) is 8.85. The Bertz CT molecular complexity index is 301. The lowest BCUT2D eigenvalue weighted by atomic mass is 10.0. The lowest BCUT2D eigenvalue weighted by Gasteiger charge is -2.14. The van der Waals surface area contributed by atoms with Crippen molar-refractivity contribution >= 4 is 0 Å². The standard InChI is InChI=1S/C10H18N4/c1-7(2)5-9(11)10-13-12-6-14(10)8-3-4-8/h6-9H,3-5,11H2,1-2H3/t9-/m0/s1. The van der Waals surface area contributed by atoms with E-state index >= 15 is 0 Å². The first-order chi connectivity index (χ1) is 6.68. The van der Waals surface area contributed by atoms with Crippen LogP contribution in [0, 0.1) is 5.92 Å². The van der Waals surface area contributed by atoms with Crippen LogP contribution < -0.4 is 5.73 Å². The summed E-state index contributed by atoms with van der Waals surface area (Å²) in [5.41, 5.74) is 6.08. The average Bonchev–Trinajstić information content (AvgIpc) is 2.82. The van der Waals surface area contributed by atoms with Crippen molar-refractivity contribution < 1.29 is 0 Å². The zero-order valence-electron chi connectivity index (χ0n) is 8.85. The van der Waals surface area contributed by atoms with Crippen LogP contribution in [0.3, 0.4) is 0 Å². The van der Waals surface area contributed by atoms with E-state index < -0.39 is 0 Å². The van der Waals surface area contributed by atoms with E-state index in [2.05, 4.69) is 28.6 Å². The molecule has 0 aliphatic heterocycles. The molecule has 1 saturated carbocycles. The quantitative estimate of drug-likeness (QED) is 0.793. The molecule has 1 aliphatic rings. The Morgan fingerprint density at radius 1 is 1.57 bits per heavy atom. The molecule has 0 spiro atoms. The van der Waals surface area contributed by atoms with E-state index in [1.54, 1.807) is 0 Å². The van der Waals surface area contributed by atoms with Gasteiger partial charge in [-0.1, -0.05) is 13.8 Å². The van der Waals surface area contributed by atoms with Gasteiger partial charge in [-0.15, -0.1) is 10.2 Å². The van der Waals surface area contributed by atoms with Gasteiger partial charge in [0.15, 0.2) is 0 Å². The molecule has 0 amide bonds. The van der Waals surface area contributed by atoms with Gasteiger partial charge in [0.2, 0.25) is 0 Å². The van der Waals surface area contributed by atoms with E-state index in [9.17, 15) is 0 Å². The molecule has 78 valence electrons. The molecule has 1 fully saturated rings. The molecule has 0 bridgehead atoms. The Morgan fingerprint density at radius 2 is 2.29 bits per heavy atom. The molecular formula is C10H18N4. The first-order valence-electron chi connectivity index (χ1n) is 5.33. The summed E-state index contributed by atoms with van der Waals surface area (Å²) in [4.78, 5) is 0. The molecule has 2 rings (SSSR count). The molecule has 1 heterocycles. The Hall–Kier alpha value is -0.900. The summed E-state index contributed by atoms with van der Waals surface area (Å²) in [6, 6.07) is 0.663. The lowest BCUT2D eigenvalue weighted by Crippen LogP contribution is -2.18. The highest BCUT2D eigenvalue weighted by molar-refractivity contribution is 4.99. The van der Waals surface area contributed by atoms with E-state index in [-0.39, 0.29) is 6.04 Å². The molecule has 4 heteroatoms. The summed E-state index contributed by atoms with van der Waals surface area (Å²) >= 11 is 0. The molecule has 1 aliphatic carbocycles. The van der Waals surface area contributed by atoms with Crippen LogP contribution in [0.1, 0.15) is 51.0 Å². The maximum atomic E-state index is 6.08. The number of aromatic nitrogens is 3. The fourth-order valence-electron chi connectivity index (χ4n) is 1.76. The van der Waals surface area contributed by atoms with Gasteiger partial charge in [0.05, 0.1) is 6.04 Å². The highest BCUT2D eigenvalue weighted by atomic mass is 15.3.